The van der Waals surface area contributed by atoms with Crippen molar-refractivity contribution in [2.75, 3.05) is 6.54 Å². The minimum atomic E-state index is -0.270. The van der Waals surface area contributed by atoms with E-state index in [1.165, 1.54) is 18.7 Å². The SMILES string of the molecule is CC(C)CCCNC(C)c1cncc(F)c1. The number of hydrogen-bond acceptors (Lipinski definition) is 2. The lowest BCUT2D eigenvalue weighted by molar-refractivity contribution is 0.495. The predicted octanol–water partition coefficient (Wildman–Crippen LogP) is 3.31. The predicted molar refractivity (Wildman–Crippen MR) is 64.7 cm³/mol. The summed E-state index contributed by atoms with van der Waals surface area (Å²) >= 11 is 0. The monoisotopic (exact) mass is 224 g/mol. The van der Waals surface area contributed by atoms with E-state index in [4.69, 9.17) is 0 Å². The van der Waals surface area contributed by atoms with Gasteiger partial charge >= 0.3 is 0 Å². The normalized spacial score (nSPS) is 13.1. The zero-order valence-corrected chi connectivity index (χ0v) is 10.3. The van der Waals surface area contributed by atoms with E-state index in [2.05, 4.69) is 24.1 Å². The summed E-state index contributed by atoms with van der Waals surface area (Å²) < 4.78 is 12.9. The molecule has 0 amide bonds. The highest BCUT2D eigenvalue weighted by atomic mass is 19.1. The van der Waals surface area contributed by atoms with Crippen LogP contribution in [0.4, 0.5) is 4.39 Å². The fourth-order valence-corrected chi connectivity index (χ4v) is 1.61. The fraction of sp³-hybridized carbons (Fsp3) is 0.615. The van der Waals surface area contributed by atoms with E-state index in [1.54, 1.807) is 6.20 Å². The first-order chi connectivity index (χ1) is 7.59. The Bertz CT molecular complexity index is 313. The summed E-state index contributed by atoms with van der Waals surface area (Å²) in [5.74, 6) is 0.473. The molecular weight excluding hydrogens is 203 g/mol. The molecule has 0 saturated carbocycles. The summed E-state index contributed by atoms with van der Waals surface area (Å²) in [6, 6.07) is 1.70. The van der Waals surface area contributed by atoms with E-state index in [-0.39, 0.29) is 11.9 Å². The number of nitrogens with one attached hydrogen (secondary N) is 1. The van der Waals surface area contributed by atoms with Gasteiger partial charge in [-0.2, -0.15) is 0 Å². The highest BCUT2D eigenvalue weighted by molar-refractivity contribution is 5.14. The zero-order valence-electron chi connectivity index (χ0n) is 10.3. The van der Waals surface area contributed by atoms with Crippen LogP contribution in [-0.4, -0.2) is 11.5 Å². The molecule has 0 spiro atoms. The van der Waals surface area contributed by atoms with Crippen molar-refractivity contribution in [3.8, 4) is 0 Å². The van der Waals surface area contributed by atoms with Gasteiger partial charge in [-0.1, -0.05) is 13.8 Å². The Morgan fingerprint density at radius 1 is 1.31 bits per heavy atom. The van der Waals surface area contributed by atoms with E-state index in [1.807, 2.05) is 6.92 Å². The van der Waals surface area contributed by atoms with Gasteiger partial charge < -0.3 is 5.32 Å². The first kappa shape index (κ1) is 13.1. The van der Waals surface area contributed by atoms with Gasteiger partial charge in [-0.3, -0.25) is 4.98 Å². The lowest BCUT2D eigenvalue weighted by atomic mass is 10.1. The third-order valence-corrected chi connectivity index (χ3v) is 2.63. The second kappa shape index (κ2) is 6.59. The molecule has 0 aliphatic rings. The number of pyridine rings is 1. The van der Waals surface area contributed by atoms with Crippen LogP contribution in [0.2, 0.25) is 0 Å². The van der Waals surface area contributed by atoms with Gasteiger partial charge in [0.15, 0.2) is 0 Å². The standard InChI is InChI=1S/C13H21FN2/c1-10(2)5-4-6-16-11(3)12-7-13(14)9-15-8-12/h7-11,16H,4-6H2,1-3H3. The van der Waals surface area contributed by atoms with Gasteiger partial charge in [-0.05, 0) is 43.9 Å². The quantitative estimate of drug-likeness (QED) is 0.750. The molecule has 1 rings (SSSR count). The molecule has 1 unspecified atom stereocenters. The third-order valence-electron chi connectivity index (χ3n) is 2.63. The van der Waals surface area contributed by atoms with Crippen molar-refractivity contribution < 1.29 is 4.39 Å². The lowest BCUT2D eigenvalue weighted by Crippen LogP contribution is -2.20. The van der Waals surface area contributed by atoms with Gasteiger partial charge in [-0.15, -0.1) is 0 Å². The molecule has 90 valence electrons. The maximum Gasteiger partial charge on any atom is 0.141 e. The largest absolute Gasteiger partial charge is 0.310 e. The highest BCUT2D eigenvalue weighted by Gasteiger charge is 2.05. The van der Waals surface area contributed by atoms with Crippen LogP contribution in [0.15, 0.2) is 18.5 Å². The lowest BCUT2D eigenvalue weighted by Gasteiger charge is -2.14. The van der Waals surface area contributed by atoms with Crippen LogP contribution in [0.1, 0.15) is 45.2 Å². The summed E-state index contributed by atoms with van der Waals surface area (Å²) in [6.07, 6.45) is 5.32. The Hall–Kier alpha value is -0.960. The van der Waals surface area contributed by atoms with E-state index < -0.39 is 0 Å². The highest BCUT2D eigenvalue weighted by Crippen LogP contribution is 2.12. The van der Waals surface area contributed by atoms with Crippen LogP contribution in [0.25, 0.3) is 0 Å². The summed E-state index contributed by atoms with van der Waals surface area (Å²) in [6.45, 7) is 7.45. The zero-order chi connectivity index (χ0) is 12.0. The molecule has 0 radical (unpaired) electrons. The molecule has 0 aliphatic heterocycles. The van der Waals surface area contributed by atoms with Crippen LogP contribution >= 0.6 is 0 Å². The first-order valence-electron chi connectivity index (χ1n) is 5.93. The molecule has 2 nitrogen and oxygen atoms in total. The van der Waals surface area contributed by atoms with Crippen LogP contribution < -0.4 is 5.32 Å². The molecule has 0 fully saturated rings. The number of nitrogens with zero attached hydrogens (tertiary/aromatic N) is 1. The van der Waals surface area contributed by atoms with Gasteiger partial charge in [0.05, 0.1) is 6.20 Å². The number of hydrogen-bond donors (Lipinski definition) is 1. The Labute approximate surface area is 97.3 Å². The minimum Gasteiger partial charge on any atom is -0.310 e. The van der Waals surface area contributed by atoms with Crippen molar-refractivity contribution in [2.24, 2.45) is 5.92 Å². The summed E-state index contributed by atoms with van der Waals surface area (Å²) in [5, 5.41) is 3.37. The van der Waals surface area contributed by atoms with Crippen molar-refractivity contribution >= 4 is 0 Å². The number of rotatable bonds is 6. The van der Waals surface area contributed by atoms with Crippen LogP contribution in [0.5, 0.6) is 0 Å². The minimum absolute atomic E-state index is 0.162. The van der Waals surface area contributed by atoms with Crippen molar-refractivity contribution in [3.63, 3.8) is 0 Å². The molecule has 0 saturated heterocycles. The van der Waals surface area contributed by atoms with Gasteiger partial charge in [0.25, 0.3) is 0 Å². The van der Waals surface area contributed by atoms with Gasteiger partial charge in [-0.25, -0.2) is 4.39 Å². The van der Waals surface area contributed by atoms with Gasteiger partial charge in [0, 0.05) is 12.2 Å². The van der Waals surface area contributed by atoms with Crippen LogP contribution in [-0.2, 0) is 0 Å². The first-order valence-corrected chi connectivity index (χ1v) is 5.93. The second-order valence-corrected chi connectivity index (χ2v) is 4.65. The van der Waals surface area contributed by atoms with Gasteiger partial charge in [0.2, 0.25) is 0 Å². The average molecular weight is 224 g/mol. The maximum atomic E-state index is 12.9. The Morgan fingerprint density at radius 3 is 2.69 bits per heavy atom. The third kappa shape index (κ3) is 4.71. The van der Waals surface area contributed by atoms with E-state index in [0.717, 1.165) is 24.4 Å². The van der Waals surface area contributed by atoms with Gasteiger partial charge in [0.1, 0.15) is 5.82 Å². The molecule has 0 aromatic carbocycles. The van der Waals surface area contributed by atoms with Crippen molar-refractivity contribution in [2.45, 2.75) is 39.7 Å². The maximum absolute atomic E-state index is 12.9. The number of aromatic nitrogens is 1. The molecule has 1 atom stereocenters. The molecular formula is C13H21FN2. The fourth-order valence-electron chi connectivity index (χ4n) is 1.61. The molecule has 1 aromatic heterocycles. The Kier molecular flexibility index (Phi) is 5.39. The Balaban J connectivity index is 2.32. The Morgan fingerprint density at radius 2 is 2.06 bits per heavy atom. The molecule has 0 bridgehead atoms. The summed E-state index contributed by atoms with van der Waals surface area (Å²) in [4.78, 5) is 3.85. The molecule has 16 heavy (non-hydrogen) atoms. The van der Waals surface area contributed by atoms with Crippen molar-refractivity contribution in [1.82, 2.24) is 10.3 Å². The smallest absolute Gasteiger partial charge is 0.141 e. The molecule has 0 aliphatic carbocycles. The van der Waals surface area contributed by atoms with Crippen LogP contribution in [0.3, 0.4) is 0 Å². The summed E-state index contributed by atoms with van der Waals surface area (Å²) in [5.41, 5.74) is 0.907. The summed E-state index contributed by atoms with van der Waals surface area (Å²) in [7, 11) is 0. The van der Waals surface area contributed by atoms with Crippen molar-refractivity contribution in [1.29, 1.82) is 0 Å². The number of halogens is 1. The molecule has 3 heteroatoms. The average Bonchev–Trinajstić information content (AvgIpc) is 2.24. The molecule has 1 N–H and O–H groups in total. The van der Waals surface area contributed by atoms with E-state index in [0.29, 0.717) is 0 Å². The topological polar surface area (TPSA) is 24.9 Å². The van der Waals surface area contributed by atoms with E-state index in [9.17, 15) is 4.39 Å². The molecule has 1 heterocycles. The molecule has 1 aromatic rings. The van der Waals surface area contributed by atoms with Crippen LogP contribution in [0, 0.1) is 11.7 Å². The van der Waals surface area contributed by atoms with Crippen molar-refractivity contribution in [3.05, 3.63) is 29.8 Å². The van der Waals surface area contributed by atoms with E-state index >= 15 is 0 Å². The second-order valence-electron chi connectivity index (χ2n) is 4.65.